The molecule has 0 atom stereocenters. The molecule has 2 nitrogen and oxygen atoms in total. The molecule has 4 aromatic rings. The summed E-state index contributed by atoms with van der Waals surface area (Å²) < 4.78 is 5.97. The van der Waals surface area contributed by atoms with Crippen LogP contribution >= 0.6 is 23.2 Å². The molecular formula is C23H17Cl2NO. The second-order valence-electron chi connectivity index (χ2n) is 6.17. The molecule has 27 heavy (non-hydrogen) atoms. The lowest BCUT2D eigenvalue weighted by Crippen LogP contribution is -1.97. The molecule has 0 aliphatic heterocycles. The number of fused-ring (bicyclic) bond motifs is 1. The van der Waals surface area contributed by atoms with Crippen LogP contribution in [0.15, 0.2) is 84.9 Å². The van der Waals surface area contributed by atoms with Gasteiger partial charge in [-0.15, -0.1) is 0 Å². The quantitative estimate of drug-likeness (QED) is 0.379. The minimum atomic E-state index is 0.518. The molecule has 0 amide bonds. The van der Waals surface area contributed by atoms with Crippen molar-refractivity contribution in [2.75, 3.05) is 5.32 Å². The highest BCUT2D eigenvalue weighted by Crippen LogP contribution is 2.33. The highest BCUT2D eigenvalue weighted by atomic mass is 35.5. The van der Waals surface area contributed by atoms with Crippen LogP contribution in [0.5, 0.6) is 5.75 Å². The fourth-order valence-electron chi connectivity index (χ4n) is 2.98. The van der Waals surface area contributed by atoms with Gasteiger partial charge in [0.1, 0.15) is 12.4 Å². The zero-order chi connectivity index (χ0) is 18.6. The van der Waals surface area contributed by atoms with Gasteiger partial charge in [0.15, 0.2) is 0 Å². The summed E-state index contributed by atoms with van der Waals surface area (Å²) in [4.78, 5) is 0. The van der Waals surface area contributed by atoms with E-state index in [1.165, 1.54) is 10.8 Å². The third-order valence-corrected chi connectivity index (χ3v) is 4.99. The lowest BCUT2D eigenvalue weighted by molar-refractivity contribution is 0.308. The predicted molar refractivity (Wildman–Crippen MR) is 114 cm³/mol. The molecule has 4 aromatic carbocycles. The maximum atomic E-state index is 6.20. The zero-order valence-electron chi connectivity index (χ0n) is 14.5. The first-order valence-electron chi connectivity index (χ1n) is 8.61. The van der Waals surface area contributed by atoms with Gasteiger partial charge < -0.3 is 10.1 Å². The molecule has 0 radical (unpaired) electrons. The van der Waals surface area contributed by atoms with Crippen molar-refractivity contribution in [2.24, 2.45) is 0 Å². The summed E-state index contributed by atoms with van der Waals surface area (Å²) in [5, 5.41) is 6.84. The van der Waals surface area contributed by atoms with E-state index in [2.05, 4.69) is 35.6 Å². The number of ether oxygens (including phenoxy) is 1. The molecule has 4 rings (SSSR count). The number of anilines is 2. The van der Waals surface area contributed by atoms with Gasteiger partial charge in [-0.25, -0.2) is 0 Å². The van der Waals surface area contributed by atoms with Crippen LogP contribution in [0.2, 0.25) is 10.0 Å². The summed E-state index contributed by atoms with van der Waals surface area (Å²) in [6.45, 7) is 0.518. The van der Waals surface area contributed by atoms with Crippen LogP contribution in [-0.4, -0.2) is 0 Å². The largest absolute Gasteiger partial charge is 0.489 e. The minimum absolute atomic E-state index is 0.518. The Bertz CT molecular complexity index is 1050. The second-order valence-corrected chi connectivity index (χ2v) is 6.99. The zero-order valence-corrected chi connectivity index (χ0v) is 16.0. The van der Waals surface area contributed by atoms with E-state index in [-0.39, 0.29) is 0 Å². The molecule has 0 aliphatic rings. The van der Waals surface area contributed by atoms with E-state index < -0.39 is 0 Å². The summed E-state index contributed by atoms with van der Waals surface area (Å²) in [6, 6.07) is 27.8. The normalized spacial score (nSPS) is 10.7. The van der Waals surface area contributed by atoms with Crippen molar-refractivity contribution in [2.45, 2.75) is 6.61 Å². The Kier molecular flexibility index (Phi) is 5.19. The van der Waals surface area contributed by atoms with Crippen LogP contribution in [0.1, 0.15) is 5.56 Å². The smallest absolute Gasteiger partial charge is 0.119 e. The van der Waals surface area contributed by atoms with E-state index in [9.17, 15) is 0 Å². The van der Waals surface area contributed by atoms with E-state index in [0.29, 0.717) is 22.3 Å². The summed E-state index contributed by atoms with van der Waals surface area (Å²) in [6.07, 6.45) is 0. The van der Waals surface area contributed by atoms with Crippen molar-refractivity contribution in [1.82, 2.24) is 0 Å². The first kappa shape index (κ1) is 17.7. The number of rotatable bonds is 5. The summed E-state index contributed by atoms with van der Waals surface area (Å²) in [5.41, 5.74) is 2.76. The predicted octanol–water partition coefficient (Wildman–Crippen LogP) is 7.47. The van der Waals surface area contributed by atoms with Crippen LogP contribution in [0, 0.1) is 0 Å². The Morgan fingerprint density at radius 3 is 2.15 bits per heavy atom. The minimum Gasteiger partial charge on any atom is -0.489 e. The molecule has 0 spiro atoms. The number of benzene rings is 4. The van der Waals surface area contributed by atoms with Crippen molar-refractivity contribution in [3.05, 3.63) is 101 Å². The van der Waals surface area contributed by atoms with Crippen LogP contribution in [-0.2, 0) is 6.61 Å². The van der Waals surface area contributed by atoms with Crippen LogP contribution in [0.25, 0.3) is 10.8 Å². The van der Waals surface area contributed by atoms with Gasteiger partial charge in [0.2, 0.25) is 0 Å². The first-order chi connectivity index (χ1) is 13.2. The van der Waals surface area contributed by atoms with Gasteiger partial charge in [-0.3, -0.25) is 0 Å². The van der Waals surface area contributed by atoms with Crippen molar-refractivity contribution < 1.29 is 4.74 Å². The Morgan fingerprint density at radius 1 is 0.704 bits per heavy atom. The van der Waals surface area contributed by atoms with E-state index in [1.54, 1.807) is 12.1 Å². The lowest BCUT2D eigenvalue weighted by Gasteiger charge is -2.12. The van der Waals surface area contributed by atoms with Gasteiger partial charge in [0.05, 0.1) is 15.7 Å². The molecule has 0 heterocycles. The SMILES string of the molecule is Clc1cccc(Cl)c1Nc1ccc(OCc2cccc3ccccc23)cc1. The van der Waals surface area contributed by atoms with Crippen molar-refractivity contribution in [3.63, 3.8) is 0 Å². The maximum absolute atomic E-state index is 6.20. The van der Waals surface area contributed by atoms with Crippen LogP contribution in [0.3, 0.4) is 0 Å². The van der Waals surface area contributed by atoms with Gasteiger partial charge in [0.25, 0.3) is 0 Å². The lowest BCUT2D eigenvalue weighted by atomic mass is 10.1. The van der Waals surface area contributed by atoms with Gasteiger partial charge in [-0.2, -0.15) is 0 Å². The molecule has 0 aromatic heterocycles. The van der Waals surface area contributed by atoms with E-state index in [0.717, 1.165) is 17.0 Å². The number of nitrogens with one attached hydrogen (secondary N) is 1. The fourth-order valence-corrected chi connectivity index (χ4v) is 3.47. The van der Waals surface area contributed by atoms with Crippen LogP contribution in [0.4, 0.5) is 11.4 Å². The average molecular weight is 394 g/mol. The average Bonchev–Trinajstić information content (AvgIpc) is 2.70. The van der Waals surface area contributed by atoms with E-state index in [4.69, 9.17) is 27.9 Å². The van der Waals surface area contributed by atoms with Gasteiger partial charge >= 0.3 is 0 Å². The number of halogens is 2. The third-order valence-electron chi connectivity index (χ3n) is 4.36. The topological polar surface area (TPSA) is 21.3 Å². The molecule has 0 fully saturated rings. The molecule has 0 aliphatic carbocycles. The molecule has 0 unspecified atom stereocenters. The molecule has 4 heteroatoms. The summed E-state index contributed by atoms with van der Waals surface area (Å²) in [7, 11) is 0. The fraction of sp³-hybridized carbons (Fsp3) is 0.0435. The molecule has 0 saturated carbocycles. The van der Waals surface area contributed by atoms with Gasteiger partial charge in [-0.1, -0.05) is 71.7 Å². The molecule has 0 saturated heterocycles. The molecule has 134 valence electrons. The van der Waals surface area contributed by atoms with Gasteiger partial charge in [-0.05, 0) is 52.7 Å². The third kappa shape index (κ3) is 4.02. The number of hydrogen-bond donors (Lipinski definition) is 1. The van der Waals surface area contributed by atoms with Gasteiger partial charge in [0, 0.05) is 5.69 Å². The Morgan fingerprint density at radius 2 is 1.37 bits per heavy atom. The number of hydrogen-bond acceptors (Lipinski definition) is 2. The molecule has 1 N–H and O–H groups in total. The Hall–Kier alpha value is -2.68. The Labute approximate surface area is 168 Å². The molecule has 0 bridgehead atoms. The van der Waals surface area contributed by atoms with Crippen LogP contribution < -0.4 is 10.1 Å². The summed E-state index contributed by atoms with van der Waals surface area (Å²) >= 11 is 12.4. The standard InChI is InChI=1S/C23H17Cl2NO/c24-21-9-4-10-22(25)23(21)26-18-11-13-19(14-12-18)27-15-17-7-3-6-16-5-1-2-8-20(16)17/h1-14,26H,15H2. The first-order valence-corrected chi connectivity index (χ1v) is 9.37. The van der Waals surface area contributed by atoms with Crippen molar-refractivity contribution >= 4 is 45.3 Å². The number of para-hydroxylation sites is 1. The van der Waals surface area contributed by atoms with E-state index >= 15 is 0 Å². The molecular weight excluding hydrogens is 377 g/mol. The van der Waals surface area contributed by atoms with Crippen molar-refractivity contribution in [3.8, 4) is 5.75 Å². The van der Waals surface area contributed by atoms with E-state index in [1.807, 2.05) is 42.5 Å². The maximum Gasteiger partial charge on any atom is 0.119 e. The second kappa shape index (κ2) is 7.91. The monoisotopic (exact) mass is 393 g/mol. The summed E-state index contributed by atoms with van der Waals surface area (Å²) in [5.74, 6) is 0.804. The van der Waals surface area contributed by atoms with Crippen molar-refractivity contribution in [1.29, 1.82) is 0 Å². The highest BCUT2D eigenvalue weighted by Gasteiger charge is 2.06. The Balaban J connectivity index is 1.46. The highest BCUT2D eigenvalue weighted by molar-refractivity contribution is 6.39.